The van der Waals surface area contributed by atoms with Gasteiger partial charge >= 0.3 is 11.7 Å². The highest BCUT2D eigenvalue weighted by atomic mass is 16.5. The number of nitrogens with zero attached hydrogens (tertiary/aromatic N) is 2. The summed E-state index contributed by atoms with van der Waals surface area (Å²) in [5, 5.41) is 8.53. The van der Waals surface area contributed by atoms with Gasteiger partial charge in [0.05, 0.1) is 12.2 Å². The SMILES string of the molecule is CCOC(=O)c1ccc([N+]#N)c(C=O)c1. The van der Waals surface area contributed by atoms with E-state index in [1.54, 1.807) is 6.92 Å². The lowest BCUT2D eigenvalue weighted by molar-refractivity contribution is 0.0526. The summed E-state index contributed by atoms with van der Waals surface area (Å²) >= 11 is 0. The Bertz CT molecular complexity index is 435. The van der Waals surface area contributed by atoms with Crippen LogP contribution in [-0.2, 0) is 4.74 Å². The molecule has 0 spiro atoms. The van der Waals surface area contributed by atoms with Gasteiger partial charge in [0, 0.05) is 6.07 Å². The Hall–Kier alpha value is -2.22. The van der Waals surface area contributed by atoms with Crippen LogP contribution in [0.3, 0.4) is 0 Å². The third-order valence-corrected chi connectivity index (χ3v) is 1.77. The van der Waals surface area contributed by atoms with Gasteiger partial charge in [-0.15, -0.1) is 0 Å². The number of carbonyl (C=O) groups is 2. The maximum Gasteiger partial charge on any atom is 0.395 e. The molecule has 1 aromatic carbocycles. The highest BCUT2D eigenvalue weighted by molar-refractivity contribution is 5.94. The second-order valence-corrected chi connectivity index (χ2v) is 2.71. The fourth-order valence-electron chi connectivity index (χ4n) is 1.08. The Labute approximate surface area is 86.3 Å². The first kappa shape index (κ1) is 10.9. The molecule has 76 valence electrons. The maximum absolute atomic E-state index is 11.3. The molecule has 0 aliphatic heterocycles. The van der Waals surface area contributed by atoms with Gasteiger partial charge < -0.3 is 4.74 Å². The average Bonchev–Trinajstić information content (AvgIpc) is 2.28. The molecular formula is C10H9N2O3+. The highest BCUT2D eigenvalue weighted by Gasteiger charge is 2.16. The summed E-state index contributed by atoms with van der Waals surface area (Å²) in [6.07, 6.45) is 0.512. The van der Waals surface area contributed by atoms with Crippen LogP contribution in [0.25, 0.3) is 4.98 Å². The Morgan fingerprint density at radius 1 is 1.60 bits per heavy atom. The van der Waals surface area contributed by atoms with Crippen molar-refractivity contribution in [1.29, 1.82) is 5.39 Å². The van der Waals surface area contributed by atoms with Gasteiger partial charge in [-0.2, -0.15) is 0 Å². The molecule has 5 nitrogen and oxygen atoms in total. The summed E-state index contributed by atoms with van der Waals surface area (Å²) in [7, 11) is 0. The third kappa shape index (κ3) is 2.38. The van der Waals surface area contributed by atoms with Gasteiger partial charge in [-0.1, -0.05) is 0 Å². The Balaban J connectivity index is 3.09. The minimum absolute atomic E-state index is 0.123. The van der Waals surface area contributed by atoms with E-state index in [1.807, 2.05) is 0 Å². The molecule has 0 unspecified atom stereocenters. The fraction of sp³-hybridized carbons (Fsp3) is 0.200. The van der Waals surface area contributed by atoms with Crippen LogP contribution < -0.4 is 0 Å². The Morgan fingerprint density at radius 2 is 2.33 bits per heavy atom. The van der Waals surface area contributed by atoms with Gasteiger partial charge in [0.25, 0.3) is 0 Å². The van der Waals surface area contributed by atoms with E-state index in [9.17, 15) is 9.59 Å². The molecule has 1 rings (SSSR count). The van der Waals surface area contributed by atoms with Crippen molar-refractivity contribution < 1.29 is 14.3 Å². The minimum atomic E-state index is -0.509. The number of aldehydes is 1. The van der Waals surface area contributed by atoms with E-state index in [0.29, 0.717) is 6.29 Å². The molecule has 0 radical (unpaired) electrons. The molecule has 0 heterocycles. The van der Waals surface area contributed by atoms with Crippen LogP contribution in [0, 0.1) is 5.39 Å². The van der Waals surface area contributed by atoms with Crippen LogP contribution >= 0.6 is 0 Å². The third-order valence-electron chi connectivity index (χ3n) is 1.77. The molecule has 0 amide bonds. The van der Waals surface area contributed by atoms with Crippen LogP contribution in [0.1, 0.15) is 27.6 Å². The molecular weight excluding hydrogens is 196 g/mol. The zero-order valence-corrected chi connectivity index (χ0v) is 8.14. The van der Waals surface area contributed by atoms with Gasteiger partial charge in [-0.3, -0.25) is 4.79 Å². The zero-order chi connectivity index (χ0) is 11.3. The number of esters is 1. The van der Waals surface area contributed by atoms with Gasteiger partial charge in [0.1, 0.15) is 5.56 Å². The lowest BCUT2D eigenvalue weighted by atomic mass is 10.1. The van der Waals surface area contributed by atoms with E-state index in [0.717, 1.165) is 0 Å². The Morgan fingerprint density at radius 3 is 2.87 bits per heavy atom. The highest BCUT2D eigenvalue weighted by Crippen LogP contribution is 2.19. The number of diazo groups is 1. The molecule has 0 bridgehead atoms. The van der Waals surface area contributed by atoms with Gasteiger partial charge in [0.15, 0.2) is 11.3 Å². The van der Waals surface area contributed by atoms with E-state index in [1.165, 1.54) is 18.2 Å². The van der Waals surface area contributed by atoms with Crippen molar-refractivity contribution in [3.63, 3.8) is 0 Å². The number of carbonyl (C=O) groups excluding carboxylic acids is 2. The van der Waals surface area contributed by atoms with Gasteiger partial charge in [-0.25, -0.2) is 4.79 Å². The standard InChI is InChI=1S/C10H9N2O3/c1-2-15-10(14)7-3-4-9(12-11)8(5-7)6-13/h3-6H,2H2,1H3/q+1. The summed E-state index contributed by atoms with van der Waals surface area (Å²) < 4.78 is 4.75. The van der Waals surface area contributed by atoms with Crippen LogP contribution in [0.5, 0.6) is 0 Å². The fourth-order valence-corrected chi connectivity index (χ4v) is 1.08. The van der Waals surface area contributed by atoms with Crippen molar-refractivity contribution in [3.8, 4) is 0 Å². The number of rotatable bonds is 3. The van der Waals surface area contributed by atoms with E-state index in [2.05, 4.69) is 4.98 Å². The van der Waals surface area contributed by atoms with Crippen LogP contribution in [-0.4, -0.2) is 18.9 Å². The van der Waals surface area contributed by atoms with Crippen molar-refractivity contribution >= 4 is 17.9 Å². The maximum atomic E-state index is 11.3. The quantitative estimate of drug-likeness (QED) is 0.430. The van der Waals surface area contributed by atoms with Crippen LogP contribution in [0.4, 0.5) is 5.69 Å². The first-order valence-corrected chi connectivity index (χ1v) is 4.34. The van der Waals surface area contributed by atoms with E-state index in [4.69, 9.17) is 10.1 Å². The molecule has 15 heavy (non-hydrogen) atoms. The second-order valence-electron chi connectivity index (χ2n) is 2.71. The van der Waals surface area contributed by atoms with Crippen molar-refractivity contribution in [3.05, 3.63) is 34.3 Å². The smallest absolute Gasteiger partial charge is 0.395 e. The minimum Gasteiger partial charge on any atom is -0.462 e. The predicted octanol–water partition coefficient (Wildman–Crippen LogP) is 2.16. The normalized spacial score (nSPS) is 9.07. The molecule has 0 saturated carbocycles. The molecule has 0 saturated heterocycles. The van der Waals surface area contributed by atoms with Crippen molar-refractivity contribution in [2.45, 2.75) is 6.92 Å². The summed E-state index contributed by atoms with van der Waals surface area (Å²) in [4.78, 5) is 24.8. The topological polar surface area (TPSA) is 71.5 Å². The monoisotopic (exact) mass is 205 g/mol. The molecule has 0 N–H and O–H groups in total. The van der Waals surface area contributed by atoms with Crippen molar-refractivity contribution in [2.24, 2.45) is 0 Å². The molecule has 0 aliphatic carbocycles. The number of ether oxygens (including phenoxy) is 1. The zero-order valence-electron chi connectivity index (χ0n) is 8.14. The summed E-state index contributed by atoms with van der Waals surface area (Å²) in [5.41, 5.74) is 0.521. The van der Waals surface area contributed by atoms with Crippen LogP contribution in [0.15, 0.2) is 18.2 Å². The van der Waals surface area contributed by atoms with Crippen LogP contribution in [0.2, 0.25) is 0 Å². The first-order valence-electron chi connectivity index (χ1n) is 4.34. The number of hydrogen-bond acceptors (Lipinski definition) is 4. The van der Waals surface area contributed by atoms with Crippen molar-refractivity contribution in [1.82, 2.24) is 0 Å². The summed E-state index contributed by atoms with van der Waals surface area (Å²) in [6, 6.07) is 4.12. The summed E-state index contributed by atoms with van der Waals surface area (Å²) in [5.74, 6) is -0.509. The largest absolute Gasteiger partial charge is 0.462 e. The van der Waals surface area contributed by atoms with E-state index >= 15 is 0 Å². The molecule has 0 fully saturated rings. The Kier molecular flexibility index (Phi) is 3.52. The first-order chi connectivity index (χ1) is 7.22. The second kappa shape index (κ2) is 4.86. The molecule has 0 atom stereocenters. The molecule has 1 aromatic rings. The average molecular weight is 205 g/mol. The molecule has 0 aliphatic rings. The number of hydrogen-bond donors (Lipinski definition) is 0. The van der Waals surface area contributed by atoms with E-state index < -0.39 is 5.97 Å². The van der Waals surface area contributed by atoms with Gasteiger partial charge in [0.2, 0.25) is 5.39 Å². The van der Waals surface area contributed by atoms with E-state index in [-0.39, 0.29) is 23.4 Å². The molecule has 5 heteroatoms. The van der Waals surface area contributed by atoms with Gasteiger partial charge in [-0.05, 0) is 19.1 Å². The van der Waals surface area contributed by atoms with Crippen molar-refractivity contribution in [2.75, 3.05) is 6.61 Å². The number of benzene rings is 1. The lowest BCUT2D eigenvalue weighted by Gasteiger charge is -2.00. The predicted molar refractivity (Wildman–Crippen MR) is 52.5 cm³/mol. The lowest BCUT2D eigenvalue weighted by Crippen LogP contribution is -2.04. The molecule has 0 aromatic heterocycles. The summed E-state index contributed by atoms with van der Waals surface area (Å²) in [6.45, 7) is 1.96.